The number of carbonyl (C=O) groups is 2. The third-order valence-electron chi connectivity index (χ3n) is 10.2. The van der Waals surface area contributed by atoms with Gasteiger partial charge < -0.3 is 5.32 Å². The molecule has 1 amide bonds. The van der Waals surface area contributed by atoms with E-state index in [0.717, 1.165) is 76.3 Å². The molecule has 3 fully saturated rings. The molecule has 1 heterocycles. The fourth-order valence-electron chi connectivity index (χ4n) is 7.70. The maximum atomic E-state index is 13.2. The molecule has 39 heavy (non-hydrogen) atoms. The molecule has 0 spiro atoms. The van der Waals surface area contributed by atoms with Crippen molar-refractivity contribution in [1.82, 2.24) is 15.1 Å². The molecule has 1 aliphatic heterocycles. The summed E-state index contributed by atoms with van der Waals surface area (Å²) in [6.07, 6.45) is 17.9. The number of hydrogen-bond donors (Lipinski definition) is 1. The second-order valence-electron chi connectivity index (χ2n) is 12.6. The fraction of sp³-hybridized carbons (Fsp3) is 0.765. The van der Waals surface area contributed by atoms with Gasteiger partial charge in [0.2, 0.25) is 0 Å². The van der Waals surface area contributed by atoms with E-state index in [4.69, 9.17) is 0 Å². The Morgan fingerprint density at radius 2 is 1.44 bits per heavy atom. The zero-order valence-electron chi connectivity index (χ0n) is 25.0. The van der Waals surface area contributed by atoms with Gasteiger partial charge >= 0.3 is 0 Å². The standard InChI is InChI=1S/C34H55N3O2/c1-3-27(4-2)29-16-8-5-6-11-17-30(26-29)37-24-22-36(23-25-37)21-20-35-34(39)32-19-13-12-18-31(32)33(38)28-14-9-7-10-15-28/h12-13,18-19,27-30H,3-11,14-17,20-26H2,1-2H3,(H,35,39). The van der Waals surface area contributed by atoms with E-state index in [1.165, 1.54) is 64.2 Å². The average Bonchev–Trinajstić information content (AvgIpc) is 3.11. The van der Waals surface area contributed by atoms with Crippen molar-refractivity contribution in [3.8, 4) is 0 Å². The smallest absolute Gasteiger partial charge is 0.252 e. The predicted octanol–water partition coefficient (Wildman–Crippen LogP) is 6.96. The van der Waals surface area contributed by atoms with Crippen LogP contribution < -0.4 is 5.32 Å². The number of benzene rings is 1. The Bertz CT molecular complexity index is 884. The number of ketones is 1. The first-order valence-corrected chi connectivity index (χ1v) is 16.5. The Kier molecular flexibility index (Phi) is 12.3. The van der Waals surface area contributed by atoms with Crippen LogP contribution in [0.4, 0.5) is 0 Å². The van der Waals surface area contributed by atoms with Crippen molar-refractivity contribution in [3.63, 3.8) is 0 Å². The third kappa shape index (κ3) is 8.63. The number of carbonyl (C=O) groups excluding carboxylic acids is 2. The second kappa shape index (κ2) is 15.9. The van der Waals surface area contributed by atoms with E-state index < -0.39 is 0 Å². The van der Waals surface area contributed by atoms with Crippen molar-refractivity contribution in [2.75, 3.05) is 39.3 Å². The van der Waals surface area contributed by atoms with Gasteiger partial charge in [-0.25, -0.2) is 0 Å². The van der Waals surface area contributed by atoms with E-state index in [2.05, 4.69) is 29.0 Å². The highest BCUT2D eigenvalue weighted by Gasteiger charge is 2.29. The molecule has 3 aliphatic rings. The minimum absolute atomic E-state index is 0.0799. The molecule has 1 aromatic carbocycles. The molecule has 0 bridgehead atoms. The molecule has 1 saturated heterocycles. The van der Waals surface area contributed by atoms with Gasteiger partial charge in [-0.3, -0.25) is 19.4 Å². The first-order valence-electron chi connectivity index (χ1n) is 16.5. The molecule has 1 N–H and O–H groups in total. The Labute approximate surface area is 238 Å². The molecule has 218 valence electrons. The van der Waals surface area contributed by atoms with Crippen molar-refractivity contribution in [2.24, 2.45) is 17.8 Å². The highest BCUT2D eigenvalue weighted by molar-refractivity contribution is 6.08. The predicted molar refractivity (Wildman–Crippen MR) is 161 cm³/mol. The highest BCUT2D eigenvalue weighted by Crippen LogP contribution is 2.33. The SMILES string of the molecule is CCC(CC)C1CCCCCCC(N2CCN(CCNC(=O)c3ccccc3C(=O)C3CCCCC3)CC2)C1. The Hall–Kier alpha value is -1.72. The monoisotopic (exact) mass is 537 g/mol. The molecule has 0 radical (unpaired) electrons. The van der Waals surface area contributed by atoms with Crippen LogP contribution in [0, 0.1) is 17.8 Å². The summed E-state index contributed by atoms with van der Waals surface area (Å²) in [6, 6.07) is 8.16. The second-order valence-corrected chi connectivity index (χ2v) is 12.6. The van der Waals surface area contributed by atoms with Crippen LogP contribution in [-0.2, 0) is 0 Å². The maximum Gasteiger partial charge on any atom is 0.252 e. The van der Waals surface area contributed by atoms with Gasteiger partial charge in [0.15, 0.2) is 5.78 Å². The molecule has 2 aliphatic carbocycles. The van der Waals surface area contributed by atoms with Crippen LogP contribution in [0.1, 0.15) is 124 Å². The first kappa shape index (κ1) is 30.2. The topological polar surface area (TPSA) is 52.6 Å². The molecule has 5 heteroatoms. The lowest BCUT2D eigenvalue weighted by Gasteiger charge is -2.41. The van der Waals surface area contributed by atoms with Crippen LogP contribution in [0.2, 0.25) is 0 Å². The summed E-state index contributed by atoms with van der Waals surface area (Å²) in [5, 5.41) is 3.13. The van der Waals surface area contributed by atoms with E-state index in [1.54, 1.807) is 0 Å². The zero-order valence-corrected chi connectivity index (χ0v) is 25.0. The van der Waals surface area contributed by atoms with Gasteiger partial charge in [0, 0.05) is 56.8 Å². The number of nitrogens with zero attached hydrogens (tertiary/aromatic N) is 2. The lowest BCUT2D eigenvalue weighted by molar-refractivity contribution is 0.0717. The molecular formula is C34H55N3O2. The summed E-state index contributed by atoms with van der Waals surface area (Å²) in [6.45, 7) is 10.7. The van der Waals surface area contributed by atoms with Crippen LogP contribution in [-0.4, -0.2) is 66.8 Å². The lowest BCUT2D eigenvalue weighted by atomic mass is 9.80. The Balaban J connectivity index is 1.24. The molecule has 2 atom stereocenters. The first-order chi connectivity index (χ1) is 19.1. The normalized spacial score (nSPS) is 24.6. The molecule has 1 aromatic rings. The number of Topliss-reactive ketones (excluding diaryl/α,β-unsaturated/α-hetero) is 1. The lowest BCUT2D eigenvalue weighted by Crippen LogP contribution is -2.52. The molecule has 0 aromatic heterocycles. The largest absolute Gasteiger partial charge is 0.351 e. The zero-order chi connectivity index (χ0) is 27.5. The Morgan fingerprint density at radius 1 is 0.821 bits per heavy atom. The fourth-order valence-corrected chi connectivity index (χ4v) is 7.70. The Morgan fingerprint density at radius 3 is 2.13 bits per heavy atom. The van der Waals surface area contributed by atoms with Crippen molar-refractivity contribution >= 4 is 11.7 Å². The van der Waals surface area contributed by atoms with Crippen molar-refractivity contribution in [1.29, 1.82) is 0 Å². The van der Waals surface area contributed by atoms with Crippen LogP contribution >= 0.6 is 0 Å². The number of nitrogens with one attached hydrogen (secondary N) is 1. The summed E-state index contributed by atoms with van der Waals surface area (Å²) in [4.78, 5) is 31.6. The quantitative estimate of drug-likeness (QED) is 0.328. The van der Waals surface area contributed by atoms with Gasteiger partial charge in [-0.05, 0) is 43.6 Å². The van der Waals surface area contributed by atoms with Gasteiger partial charge in [0.05, 0.1) is 5.56 Å². The third-order valence-corrected chi connectivity index (χ3v) is 10.2. The van der Waals surface area contributed by atoms with Crippen molar-refractivity contribution < 1.29 is 9.59 Å². The van der Waals surface area contributed by atoms with Gasteiger partial charge in [0.25, 0.3) is 5.91 Å². The van der Waals surface area contributed by atoms with Crippen molar-refractivity contribution in [2.45, 2.75) is 110 Å². The minimum Gasteiger partial charge on any atom is -0.351 e. The van der Waals surface area contributed by atoms with Gasteiger partial charge in [0.1, 0.15) is 0 Å². The number of amides is 1. The molecule has 4 rings (SSSR count). The van der Waals surface area contributed by atoms with Crippen LogP contribution in [0.25, 0.3) is 0 Å². The summed E-state index contributed by atoms with van der Waals surface area (Å²) in [5.74, 6) is 1.92. The van der Waals surface area contributed by atoms with Gasteiger partial charge in [-0.15, -0.1) is 0 Å². The molecule has 2 saturated carbocycles. The van der Waals surface area contributed by atoms with E-state index >= 15 is 0 Å². The van der Waals surface area contributed by atoms with Gasteiger partial charge in [-0.1, -0.05) is 96.3 Å². The highest BCUT2D eigenvalue weighted by atomic mass is 16.2. The van der Waals surface area contributed by atoms with Gasteiger partial charge in [-0.2, -0.15) is 0 Å². The van der Waals surface area contributed by atoms with Crippen LogP contribution in [0.15, 0.2) is 24.3 Å². The van der Waals surface area contributed by atoms with E-state index in [-0.39, 0.29) is 17.6 Å². The summed E-state index contributed by atoms with van der Waals surface area (Å²) < 4.78 is 0. The number of piperazine rings is 1. The molecule has 5 nitrogen and oxygen atoms in total. The van der Waals surface area contributed by atoms with E-state index in [9.17, 15) is 9.59 Å². The van der Waals surface area contributed by atoms with Crippen LogP contribution in [0.3, 0.4) is 0 Å². The van der Waals surface area contributed by atoms with E-state index in [0.29, 0.717) is 17.7 Å². The summed E-state index contributed by atoms with van der Waals surface area (Å²) >= 11 is 0. The summed E-state index contributed by atoms with van der Waals surface area (Å²) in [5.41, 5.74) is 1.15. The number of rotatable bonds is 10. The molecular weight excluding hydrogens is 482 g/mol. The maximum absolute atomic E-state index is 13.2. The van der Waals surface area contributed by atoms with Crippen LogP contribution in [0.5, 0.6) is 0 Å². The van der Waals surface area contributed by atoms with Crippen molar-refractivity contribution in [3.05, 3.63) is 35.4 Å². The number of hydrogen-bond acceptors (Lipinski definition) is 4. The average molecular weight is 538 g/mol. The van der Waals surface area contributed by atoms with E-state index in [1.807, 2.05) is 24.3 Å². The molecule has 2 unspecified atom stereocenters. The minimum atomic E-state index is -0.105. The summed E-state index contributed by atoms with van der Waals surface area (Å²) in [7, 11) is 0.